The Balaban J connectivity index is 1.29. The Hall–Kier alpha value is -3.03. The first-order chi connectivity index (χ1) is 14.5. The number of aryl methyl sites for hydroxylation is 1. The quantitative estimate of drug-likeness (QED) is 0.439. The van der Waals surface area contributed by atoms with E-state index < -0.39 is 0 Å². The minimum absolute atomic E-state index is 0.121. The zero-order valence-electron chi connectivity index (χ0n) is 17.1. The summed E-state index contributed by atoms with van der Waals surface area (Å²) in [6.45, 7) is 6.09. The molecule has 0 bridgehead atoms. The lowest BCUT2D eigenvalue weighted by Gasteiger charge is -2.29. The molecule has 2 aromatic carbocycles. The third-order valence-electron chi connectivity index (χ3n) is 5.77. The van der Waals surface area contributed by atoms with Gasteiger partial charge < -0.3 is 20.1 Å². The van der Waals surface area contributed by atoms with E-state index in [1.54, 1.807) is 12.1 Å². The summed E-state index contributed by atoms with van der Waals surface area (Å²) in [6.07, 6.45) is 0. The lowest BCUT2D eigenvalue weighted by atomic mass is 10.1. The van der Waals surface area contributed by atoms with Crippen LogP contribution in [0.4, 0.5) is 10.1 Å². The number of nitrogens with one attached hydrogen (secondary N) is 4. The number of carbonyl (C=O) groups is 2. The number of para-hydroxylation sites is 1. The fourth-order valence-electron chi connectivity index (χ4n) is 4.26. The molecule has 1 amide bonds. The molecule has 2 heterocycles. The largest absolute Gasteiger partial charge is 0.358 e. The molecular weight excluding hydrogens is 383 g/mol. The number of Topliss-reactive ketones (excluding diaryl/α,β-unsaturated/α-hetero) is 1. The minimum atomic E-state index is -0.368. The van der Waals surface area contributed by atoms with Crippen LogP contribution in [0.15, 0.2) is 48.5 Å². The number of anilines is 1. The molecule has 0 aliphatic carbocycles. The van der Waals surface area contributed by atoms with Gasteiger partial charge in [-0.05, 0) is 31.2 Å². The maximum absolute atomic E-state index is 13.2. The van der Waals surface area contributed by atoms with Crippen LogP contribution < -0.4 is 15.1 Å². The Labute approximate surface area is 174 Å². The number of rotatable bonds is 6. The lowest BCUT2D eigenvalue weighted by molar-refractivity contribution is -1.00. The highest BCUT2D eigenvalue weighted by Gasteiger charge is 2.28. The number of H-pyrrole nitrogens is 1. The first kappa shape index (κ1) is 20.3. The molecule has 3 aromatic rings. The third-order valence-corrected chi connectivity index (χ3v) is 5.77. The predicted molar refractivity (Wildman–Crippen MR) is 114 cm³/mol. The van der Waals surface area contributed by atoms with E-state index >= 15 is 0 Å². The van der Waals surface area contributed by atoms with Crippen molar-refractivity contribution >= 4 is 28.3 Å². The summed E-state index contributed by atoms with van der Waals surface area (Å²) < 4.78 is 13.2. The third kappa shape index (κ3) is 4.58. The summed E-state index contributed by atoms with van der Waals surface area (Å²) >= 11 is 0. The molecule has 0 radical (unpaired) electrons. The fraction of sp³-hybridized carbons (Fsp3) is 0.304. The van der Waals surface area contributed by atoms with Gasteiger partial charge in [0, 0.05) is 22.3 Å². The van der Waals surface area contributed by atoms with Gasteiger partial charge in [-0.1, -0.05) is 24.3 Å². The first-order valence-electron chi connectivity index (χ1n) is 10.3. The standard InChI is InChI=1S/C23H25FN4O2/c1-16-23(19-7-2-3-8-20(19)25-16)21(29)14-27-9-11-28(12-10-27)15-22(30)26-18-6-4-5-17(24)13-18/h2-8,13,25H,9-12,14-15H2,1H3,(H,26,30)/p+2. The number of fused-ring (bicyclic) bond motifs is 1. The number of halogens is 1. The van der Waals surface area contributed by atoms with E-state index in [1.165, 1.54) is 21.9 Å². The SMILES string of the molecule is Cc1[nH]c2ccccc2c1C(=O)C[NH+]1CC[NH+](CC(=O)Nc2cccc(F)c2)CC1. The van der Waals surface area contributed by atoms with Gasteiger partial charge in [-0.3, -0.25) is 9.59 Å². The van der Waals surface area contributed by atoms with Gasteiger partial charge in [-0.15, -0.1) is 0 Å². The molecule has 1 aliphatic rings. The zero-order chi connectivity index (χ0) is 21.1. The van der Waals surface area contributed by atoms with Crippen molar-refractivity contribution in [2.45, 2.75) is 6.92 Å². The number of benzene rings is 2. The number of piperazine rings is 1. The maximum Gasteiger partial charge on any atom is 0.279 e. The highest BCUT2D eigenvalue weighted by Crippen LogP contribution is 2.21. The Morgan fingerprint density at radius 3 is 2.43 bits per heavy atom. The van der Waals surface area contributed by atoms with E-state index in [9.17, 15) is 14.0 Å². The van der Waals surface area contributed by atoms with Gasteiger partial charge in [-0.2, -0.15) is 0 Å². The topological polar surface area (TPSA) is 70.8 Å². The predicted octanol–water partition coefficient (Wildman–Crippen LogP) is 0.220. The average Bonchev–Trinajstić information content (AvgIpc) is 3.05. The summed E-state index contributed by atoms with van der Waals surface area (Å²) in [5.74, 6) is -0.329. The Morgan fingerprint density at radius 1 is 1.00 bits per heavy atom. The van der Waals surface area contributed by atoms with Crippen LogP contribution in [0, 0.1) is 12.7 Å². The van der Waals surface area contributed by atoms with Crippen molar-refractivity contribution in [1.82, 2.24) is 4.98 Å². The number of aromatic amines is 1. The van der Waals surface area contributed by atoms with Gasteiger partial charge in [0.1, 0.15) is 38.5 Å². The van der Waals surface area contributed by atoms with Gasteiger partial charge in [0.25, 0.3) is 5.91 Å². The van der Waals surface area contributed by atoms with Crippen LogP contribution in [0.5, 0.6) is 0 Å². The van der Waals surface area contributed by atoms with E-state index in [0.717, 1.165) is 48.3 Å². The Morgan fingerprint density at radius 2 is 1.70 bits per heavy atom. The molecule has 0 saturated carbocycles. The van der Waals surface area contributed by atoms with Crippen molar-refractivity contribution in [3.05, 3.63) is 65.6 Å². The highest BCUT2D eigenvalue weighted by molar-refractivity contribution is 6.09. The van der Waals surface area contributed by atoms with E-state index in [2.05, 4.69) is 10.3 Å². The molecule has 1 saturated heterocycles. The number of aromatic nitrogens is 1. The molecule has 156 valence electrons. The molecule has 4 N–H and O–H groups in total. The number of carbonyl (C=O) groups excluding carboxylic acids is 2. The van der Waals surface area contributed by atoms with E-state index in [4.69, 9.17) is 0 Å². The fourth-order valence-corrected chi connectivity index (χ4v) is 4.26. The molecular formula is C23H27FN4O2+2. The molecule has 4 rings (SSSR count). The molecule has 1 aromatic heterocycles. The van der Waals surface area contributed by atoms with Crippen molar-refractivity contribution in [2.24, 2.45) is 0 Å². The van der Waals surface area contributed by atoms with Crippen LogP contribution in [0.25, 0.3) is 10.9 Å². The van der Waals surface area contributed by atoms with Crippen molar-refractivity contribution in [1.29, 1.82) is 0 Å². The van der Waals surface area contributed by atoms with Crippen LogP contribution in [-0.2, 0) is 4.79 Å². The summed E-state index contributed by atoms with van der Waals surface area (Å²) in [5, 5.41) is 3.74. The van der Waals surface area contributed by atoms with E-state index in [0.29, 0.717) is 18.8 Å². The van der Waals surface area contributed by atoms with Crippen LogP contribution >= 0.6 is 0 Å². The van der Waals surface area contributed by atoms with Gasteiger partial charge in [0.15, 0.2) is 6.54 Å². The van der Waals surface area contributed by atoms with Gasteiger partial charge in [0.2, 0.25) is 5.78 Å². The number of quaternary nitrogens is 2. The molecule has 7 heteroatoms. The van der Waals surface area contributed by atoms with Crippen LogP contribution in [-0.4, -0.2) is 55.9 Å². The van der Waals surface area contributed by atoms with Crippen molar-refractivity contribution in [3.8, 4) is 0 Å². The summed E-state index contributed by atoms with van der Waals surface area (Å²) in [6, 6.07) is 13.8. The van der Waals surface area contributed by atoms with E-state index in [-0.39, 0.29) is 17.5 Å². The Kier molecular flexibility index (Phi) is 5.92. The first-order valence-corrected chi connectivity index (χ1v) is 10.3. The van der Waals surface area contributed by atoms with Gasteiger partial charge in [0.05, 0.1) is 5.56 Å². The normalized spacial score (nSPS) is 19.0. The monoisotopic (exact) mass is 410 g/mol. The molecule has 1 aliphatic heterocycles. The minimum Gasteiger partial charge on any atom is -0.358 e. The van der Waals surface area contributed by atoms with Crippen LogP contribution in [0.3, 0.4) is 0 Å². The van der Waals surface area contributed by atoms with Crippen molar-refractivity contribution in [2.75, 3.05) is 44.6 Å². The number of ketones is 1. The molecule has 0 atom stereocenters. The molecule has 0 unspecified atom stereocenters. The zero-order valence-corrected chi connectivity index (χ0v) is 17.1. The second-order valence-corrected chi connectivity index (χ2v) is 8.01. The van der Waals surface area contributed by atoms with Crippen LogP contribution in [0.2, 0.25) is 0 Å². The Bertz CT molecular complexity index is 1070. The smallest absolute Gasteiger partial charge is 0.279 e. The second-order valence-electron chi connectivity index (χ2n) is 8.01. The highest BCUT2D eigenvalue weighted by atomic mass is 19.1. The van der Waals surface area contributed by atoms with Gasteiger partial charge >= 0.3 is 0 Å². The lowest BCUT2D eigenvalue weighted by Crippen LogP contribution is -3.28. The summed E-state index contributed by atoms with van der Waals surface area (Å²) in [5.41, 5.74) is 3.18. The van der Waals surface area contributed by atoms with Crippen molar-refractivity contribution in [3.63, 3.8) is 0 Å². The number of hydrogen-bond donors (Lipinski definition) is 4. The van der Waals surface area contributed by atoms with Crippen LogP contribution in [0.1, 0.15) is 16.1 Å². The van der Waals surface area contributed by atoms with Crippen molar-refractivity contribution < 1.29 is 23.8 Å². The number of hydrogen-bond acceptors (Lipinski definition) is 2. The maximum atomic E-state index is 13.2. The molecule has 1 fully saturated rings. The number of amides is 1. The summed E-state index contributed by atoms with van der Waals surface area (Å²) in [4.78, 5) is 30.9. The average molecular weight is 410 g/mol. The van der Waals surface area contributed by atoms with E-state index in [1.807, 2.05) is 31.2 Å². The second kappa shape index (κ2) is 8.77. The summed E-state index contributed by atoms with van der Waals surface area (Å²) in [7, 11) is 0. The molecule has 6 nitrogen and oxygen atoms in total. The molecule has 0 spiro atoms. The molecule has 30 heavy (non-hydrogen) atoms. The van der Waals surface area contributed by atoms with Gasteiger partial charge in [-0.25, -0.2) is 4.39 Å².